The summed E-state index contributed by atoms with van der Waals surface area (Å²) in [7, 11) is 0. The van der Waals surface area contributed by atoms with Gasteiger partial charge in [-0.05, 0) is 6.92 Å². The summed E-state index contributed by atoms with van der Waals surface area (Å²) in [6.45, 7) is 3.22. The van der Waals surface area contributed by atoms with E-state index < -0.39 is 0 Å². The molecule has 3 nitrogen and oxygen atoms in total. The van der Waals surface area contributed by atoms with E-state index in [4.69, 9.17) is 9.57 Å². The van der Waals surface area contributed by atoms with E-state index in [1.807, 2.05) is 13.0 Å². The molecule has 0 aliphatic carbocycles. The standard InChI is InChI=1S/C5H9NO2/c1-2-7-5-3-4-8-6-5/h3,6H,2,4H2,1H3. The van der Waals surface area contributed by atoms with E-state index in [1.165, 1.54) is 0 Å². The van der Waals surface area contributed by atoms with E-state index in [2.05, 4.69) is 5.48 Å². The van der Waals surface area contributed by atoms with Gasteiger partial charge in [0.2, 0.25) is 5.88 Å². The highest BCUT2D eigenvalue weighted by atomic mass is 16.7. The van der Waals surface area contributed by atoms with Crippen molar-refractivity contribution in [2.24, 2.45) is 0 Å². The van der Waals surface area contributed by atoms with E-state index >= 15 is 0 Å². The zero-order chi connectivity index (χ0) is 5.82. The van der Waals surface area contributed by atoms with E-state index in [0.29, 0.717) is 13.2 Å². The van der Waals surface area contributed by atoms with Gasteiger partial charge in [0.25, 0.3) is 0 Å². The van der Waals surface area contributed by atoms with Gasteiger partial charge in [-0.15, -0.1) is 0 Å². The summed E-state index contributed by atoms with van der Waals surface area (Å²) in [4.78, 5) is 4.74. The molecule has 0 amide bonds. The van der Waals surface area contributed by atoms with Gasteiger partial charge in [-0.3, -0.25) is 4.84 Å². The first-order valence-electron chi connectivity index (χ1n) is 2.64. The van der Waals surface area contributed by atoms with Crippen LogP contribution in [0.1, 0.15) is 6.92 Å². The first kappa shape index (κ1) is 5.44. The zero-order valence-corrected chi connectivity index (χ0v) is 4.81. The number of hydrogen-bond acceptors (Lipinski definition) is 3. The van der Waals surface area contributed by atoms with Crippen LogP contribution in [0, 0.1) is 0 Å². The summed E-state index contributed by atoms with van der Waals surface area (Å²) in [5, 5.41) is 0. The lowest BCUT2D eigenvalue weighted by Crippen LogP contribution is -2.08. The molecule has 0 spiro atoms. The van der Waals surface area contributed by atoms with Crippen LogP contribution in [-0.4, -0.2) is 13.2 Å². The van der Waals surface area contributed by atoms with Gasteiger partial charge in [-0.2, -0.15) is 0 Å². The third kappa shape index (κ3) is 1.13. The zero-order valence-electron chi connectivity index (χ0n) is 4.81. The van der Waals surface area contributed by atoms with Gasteiger partial charge in [0.05, 0.1) is 13.2 Å². The fraction of sp³-hybridized carbons (Fsp3) is 0.600. The predicted octanol–water partition coefficient (Wildman–Crippen LogP) is 0.399. The van der Waals surface area contributed by atoms with Gasteiger partial charge in [0.15, 0.2) is 0 Å². The van der Waals surface area contributed by atoms with Gasteiger partial charge in [-0.25, -0.2) is 5.48 Å². The summed E-state index contributed by atoms with van der Waals surface area (Å²) in [6.07, 6.45) is 1.85. The second-order valence-corrected chi connectivity index (χ2v) is 1.41. The largest absolute Gasteiger partial charge is 0.478 e. The number of nitrogens with one attached hydrogen (secondary N) is 1. The number of hydrogen-bond donors (Lipinski definition) is 1. The van der Waals surface area contributed by atoms with Crippen LogP contribution in [0.25, 0.3) is 0 Å². The Labute approximate surface area is 48.2 Å². The fourth-order valence-corrected chi connectivity index (χ4v) is 0.516. The molecule has 0 bridgehead atoms. The second-order valence-electron chi connectivity index (χ2n) is 1.41. The molecule has 0 aromatic heterocycles. The maximum absolute atomic E-state index is 5.03. The molecule has 1 aliphatic rings. The Hall–Kier alpha value is -0.700. The molecule has 8 heavy (non-hydrogen) atoms. The van der Waals surface area contributed by atoms with Crippen LogP contribution in [-0.2, 0) is 9.57 Å². The highest BCUT2D eigenvalue weighted by molar-refractivity contribution is 4.91. The second kappa shape index (κ2) is 2.57. The summed E-state index contributed by atoms with van der Waals surface area (Å²) in [5.41, 5.74) is 2.60. The van der Waals surface area contributed by atoms with Gasteiger partial charge in [-0.1, -0.05) is 0 Å². The Morgan fingerprint density at radius 3 is 3.38 bits per heavy atom. The first-order chi connectivity index (χ1) is 3.93. The molecule has 1 rings (SSSR count). The molecule has 0 unspecified atom stereocenters. The molecule has 1 heterocycles. The predicted molar refractivity (Wildman–Crippen MR) is 28.8 cm³/mol. The average Bonchev–Trinajstić information content (AvgIpc) is 2.19. The molecular formula is C5H9NO2. The van der Waals surface area contributed by atoms with Crippen molar-refractivity contribution < 1.29 is 9.57 Å². The quantitative estimate of drug-likeness (QED) is 0.565. The van der Waals surface area contributed by atoms with Crippen LogP contribution in [0.3, 0.4) is 0 Å². The van der Waals surface area contributed by atoms with Gasteiger partial charge in [0, 0.05) is 6.08 Å². The molecule has 0 saturated carbocycles. The van der Waals surface area contributed by atoms with Crippen molar-refractivity contribution in [3.63, 3.8) is 0 Å². The number of hydroxylamine groups is 1. The molecule has 46 valence electrons. The normalized spacial score (nSPS) is 17.4. The highest BCUT2D eigenvalue weighted by Gasteiger charge is 2.00. The minimum absolute atomic E-state index is 0.606. The van der Waals surface area contributed by atoms with Crippen LogP contribution < -0.4 is 5.48 Å². The Bertz CT molecular complexity index is 101. The van der Waals surface area contributed by atoms with Gasteiger partial charge in [0.1, 0.15) is 0 Å². The van der Waals surface area contributed by atoms with Crippen molar-refractivity contribution >= 4 is 0 Å². The van der Waals surface area contributed by atoms with Crippen molar-refractivity contribution in [1.29, 1.82) is 0 Å². The molecular weight excluding hydrogens is 106 g/mol. The Kier molecular flexibility index (Phi) is 1.75. The van der Waals surface area contributed by atoms with Crippen molar-refractivity contribution in [3.05, 3.63) is 12.0 Å². The fourth-order valence-electron chi connectivity index (χ4n) is 0.516. The molecule has 0 atom stereocenters. The molecule has 0 aromatic carbocycles. The molecule has 0 saturated heterocycles. The van der Waals surface area contributed by atoms with E-state index in [-0.39, 0.29) is 0 Å². The van der Waals surface area contributed by atoms with Crippen LogP contribution in [0.5, 0.6) is 0 Å². The molecule has 1 N–H and O–H groups in total. The molecule has 0 fully saturated rings. The first-order valence-corrected chi connectivity index (χ1v) is 2.64. The lowest BCUT2D eigenvalue weighted by atomic mass is 10.6. The lowest BCUT2D eigenvalue weighted by molar-refractivity contribution is 0.0608. The average molecular weight is 115 g/mol. The van der Waals surface area contributed by atoms with Crippen LogP contribution >= 0.6 is 0 Å². The van der Waals surface area contributed by atoms with E-state index in [1.54, 1.807) is 0 Å². The third-order valence-corrected chi connectivity index (χ3v) is 0.825. The van der Waals surface area contributed by atoms with Crippen molar-refractivity contribution in [1.82, 2.24) is 5.48 Å². The van der Waals surface area contributed by atoms with Crippen molar-refractivity contribution in [3.8, 4) is 0 Å². The molecule has 0 aromatic rings. The Morgan fingerprint density at radius 2 is 2.88 bits per heavy atom. The Morgan fingerprint density at radius 1 is 2.00 bits per heavy atom. The lowest BCUT2D eigenvalue weighted by Gasteiger charge is -2.01. The number of rotatable bonds is 2. The maximum Gasteiger partial charge on any atom is 0.209 e. The third-order valence-electron chi connectivity index (χ3n) is 0.825. The van der Waals surface area contributed by atoms with Crippen molar-refractivity contribution in [2.45, 2.75) is 6.92 Å². The summed E-state index contributed by atoms with van der Waals surface area (Å²) < 4.78 is 5.03. The molecule has 1 aliphatic heterocycles. The summed E-state index contributed by atoms with van der Waals surface area (Å²) in [5.74, 6) is 0.729. The minimum Gasteiger partial charge on any atom is -0.478 e. The van der Waals surface area contributed by atoms with Crippen molar-refractivity contribution in [2.75, 3.05) is 13.2 Å². The SMILES string of the molecule is CCOC1=CCON1. The Balaban J connectivity index is 2.23. The molecule has 3 heteroatoms. The van der Waals surface area contributed by atoms with Crippen LogP contribution in [0.4, 0.5) is 0 Å². The number of ether oxygens (including phenoxy) is 1. The highest BCUT2D eigenvalue weighted by Crippen LogP contribution is 1.97. The van der Waals surface area contributed by atoms with Gasteiger partial charge >= 0.3 is 0 Å². The monoisotopic (exact) mass is 115 g/mol. The smallest absolute Gasteiger partial charge is 0.209 e. The maximum atomic E-state index is 5.03. The van der Waals surface area contributed by atoms with E-state index in [9.17, 15) is 0 Å². The van der Waals surface area contributed by atoms with Crippen LogP contribution in [0.15, 0.2) is 12.0 Å². The van der Waals surface area contributed by atoms with E-state index in [0.717, 1.165) is 5.88 Å². The van der Waals surface area contributed by atoms with Crippen LogP contribution in [0.2, 0.25) is 0 Å². The topological polar surface area (TPSA) is 30.5 Å². The summed E-state index contributed by atoms with van der Waals surface area (Å²) >= 11 is 0. The summed E-state index contributed by atoms with van der Waals surface area (Å²) in [6, 6.07) is 0. The molecule has 0 radical (unpaired) electrons. The minimum atomic E-state index is 0.606. The van der Waals surface area contributed by atoms with Gasteiger partial charge < -0.3 is 4.74 Å².